The first kappa shape index (κ1) is 21.5. The van der Waals surface area contributed by atoms with E-state index in [1.54, 1.807) is 6.07 Å². The maximum absolute atomic E-state index is 12.8. The third kappa shape index (κ3) is 4.78. The van der Waals surface area contributed by atoms with Crippen LogP contribution in [0.3, 0.4) is 0 Å². The molecule has 2 aromatic rings. The Morgan fingerprint density at radius 3 is 2.58 bits per heavy atom. The first-order valence-electron chi connectivity index (χ1n) is 11.3. The molecule has 1 saturated heterocycles. The second kappa shape index (κ2) is 8.77. The van der Waals surface area contributed by atoms with Crippen molar-refractivity contribution in [2.75, 3.05) is 19.6 Å². The Kier molecular flexibility index (Phi) is 6.08. The lowest BCUT2D eigenvalue weighted by Crippen LogP contribution is -2.52. The second-order valence-corrected chi connectivity index (χ2v) is 9.33. The van der Waals surface area contributed by atoms with Gasteiger partial charge in [0.1, 0.15) is 17.1 Å². The third-order valence-corrected chi connectivity index (χ3v) is 6.36. The molecule has 0 unspecified atom stereocenters. The molecule has 0 saturated carbocycles. The molecule has 1 spiro atoms. The molecule has 31 heavy (non-hydrogen) atoms. The van der Waals surface area contributed by atoms with Crippen LogP contribution in [0.15, 0.2) is 40.8 Å². The van der Waals surface area contributed by atoms with E-state index in [1.165, 1.54) is 0 Å². The number of amides is 2. The topological polar surface area (TPSA) is 71.8 Å². The highest BCUT2D eigenvalue weighted by atomic mass is 16.5. The van der Waals surface area contributed by atoms with E-state index in [1.807, 2.05) is 36.1 Å². The molecule has 166 valence electrons. The molecule has 0 bridgehead atoms. The van der Waals surface area contributed by atoms with Gasteiger partial charge in [0.15, 0.2) is 5.76 Å². The Morgan fingerprint density at radius 1 is 1.16 bits per heavy atom. The summed E-state index contributed by atoms with van der Waals surface area (Å²) in [5.41, 5.74) is 0.769. The zero-order chi connectivity index (χ0) is 22.0. The zero-order valence-electron chi connectivity index (χ0n) is 18.6. The first-order chi connectivity index (χ1) is 14.8. The molecule has 4 rings (SSSR count). The third-order valence-electron chi connectivity index (χ3n) is 6.36. The average molecular weight is 425 g/mol. The Balaban J connectivity index is 1.45. The van der Waals surface area contributed by atoms with Gasteiger partial charge in [0, 0.05) is 44.8 Å². The molecular formula is C25H32N2O4. The lowest BCUT2D eigenvalue weighted by molar-refractivity contribution is -0.122. The van der Waals surface area contributed by atoms with E-state index < -0.39 is 0 Å². The van der Waals surface area contributed by atoms with Crippen LogP contribution < -0.4 is 10.1 Å². The van der Waals surface area contributed by atoms with Crippen molar-refractivity contribution in [1.29, 1.82) is 0 Å². The van der Waals surface area contributed by atoms with Crippen molar-refractivity contribution in [3.63, 3.8) is 0 Å². The van der Waals surface area contributed by atoms with Crippen LogP contribution in [0.5, 0.6) is 5.75 Å². The lowest BCUT2D eigenvalue weighted by Gasteiger charge is -2.46. The number of aryl methyl sites for hydroxylation is 1. The van der Waals surface area contributed by atoms with E-state index >= 15 is 0 Å². The van der Waals surface area contributed by atoms with Gasteiger partial charge in [-0.25, -0.2) is 0 Å². The Bertz CT molecular complexity index is 941. The van der Waals surface area contributed by atoms with Gasteiger partial charge < -0.3 is 19.4 Å². The Hall–Kier alpha value is -2.76. The van der Waals surface area contributed by atoms with Crippen LogP contribution in [0, 0.1) is 12.8 Å². The van der Waals surface area contributed by atoms with Crippen LogP contribution in [0.25, 0.3) is 0 Å². The van der Waals surface area contributed by atoms with Crippen LogP contribution in [0.2, 0.25) is 0 Å². The highest BCUT2D eigenvalue weighted by Crippen LogP contribution is 2.46. The normalized spacial score (nSPS) is 19.7. The molecule has 2 amide bonds. The number of ether oxygens (including phenoxy) is 1. The predicted molar refractivity (Wildman–Crippen MR) is 118 cm³/mol. The summed E-state index contributed by atoms with van der Waals surface area (Å²) in [5, 5.41) is 3.05. The second-order valence-electron chi connectivity index (χ2n) is 9.33. The number of nitrogens with one attached hydrogen (secondary N) is 1. The van der Waals surface area contributed by atoms with Crippen molar-refractivity contribution in [2.24, 2.45) is 5.92 Å². The number of fused-ring (bicyclic) bond motifs is 1. The number of likely N-dealkylation sites (tertiary alicyclic amines) is 1. The highest BCUT2D eigenvalue weighted by molar-refractivity contribution is 5.91. The fraction of sp³-hybridized carbons (Fsp3) is 0.520. The molecule has 1 aromatic heterocycles. The van der Waals surface area contributed by atoms with Crippen molar-refractivity contribution >= 4 is 11.8 Å². The fourth-order valence-electron chi connectivity index (χ4n) is 4.67. The van der Waals surface area contributed by atoms with Crippen molar-refractivity contribution in [3.05, 3.63) is 53.5 Å². The maximum Gasteiger partial charge on any atom is 0.289 e. The van der Waals surface area contributed by atoms with Crippen molar-refractivity contribution in [1.82, 2.24) is 10.2 Å². The van der Waals surface area contributed by atoms with Gasteiger partial charge in [-0.15, -0.1) is 0 Å². The summed E-state index contributed by atoms with van der Waals surface area (Å²) in [7, 11) is 0. The molecule has 3 heterocycles. The SMILES string of the molecule is Cc1ccc(C(=O)N2CCC3(CC2)C[C@@H](CC(=O)NCC(C)C)c2ccccc2O3)o1. The van der Waals surface area contributed by atoms with Gasteiger partial charge >= 0.3 is 0 Å². The minimum Gasteiger partial charge on any atom is -0.487 e. The summed E-state index contributed by atoms with van der Waals surface area (Å²) in [6.07, 6.45) is 2.75. The number of hydrogen-bond donors (Lipinski definition) is 1. The maximum atomic E-state index is 12.8. The number of rotatable bonds is 5. The lowest BCUT2D eigenvalue weighted by atomic mass is 9.76. The van der Waals surface area contributed by atoms with Gasteiger partial charge in [-0.2, -0.15) is 0 Å². The van der Waals surface area contributed by atoms with Crippen molar-refractivity contribution in [3.8, 4) is 5.75 Å². The molecule has 2 aliphatic heterocycles. The van der Waals surface area contributed by atoms with Gasteiger partial charge in [0.2, 0.25) is 5.91 Å². The van der Waals surface area contributed by atoms with Crippen molar-refractivity contribution in [2.45, 2.75) is 58.0 Å². The summed E-state index contributed by atoms with van der Waals surface area (Å²) in [6, 6.07) is 11.6. The van der Waals surface area contributed by atoms with E-state index in [0.717, 1.165) is 36.3 Å². The van der Waals surface area contributed by atoms with Crippen LogP contribution in [0.1, 0.15) is 67.3 Å². The number of para-hydroxylation sites is 1. The van der Waals surface area contributed by atoms with Crippen LogP contribution in [-0.4, -0.2) is 41.9 Å². The molecule has 0 radical (unpaired) electrons. The fourth-order valence-corrected chi connectivity index (χ4v) is 4.67. The molecule has 6 heteroatoms. The molecule has 0 aliphatic carbocycles. The number of piperidine rings is 1. The van der Waals surface area contributed by atoms with E-state index in [0.29, 0.717) is 37.7 Å². The van der Waals surface area contributed by atoms with Crippen LogP contribution in [0.4, 0.5) is 0 Å². The smallest absolute Gasteiger partial charge is 0.289 e. The molecular weight excluding hydrogens is 392 g/mol. The molecule has 1 fully saturated rings. The van der Waals surface area contributed by atoms with Crippen LogP contribution >= 0.6 is 0 Å². The van der Waals surface area contributed by atoms with E-state index in [9.17, 15) is 9.59 Å². The average Bonchev–Trinajstić information content (AvgIpc) is 3.18. The summed E-state index contributed by atoms with van der Waals surface area (Å²) in [4.78, 5) is 27.2. The minimum absolute atomic E-state index is 0.0660. The largest absolute Gasteiger partial charge is 0.487 e. The van der Waals surface area contributed by atoms with Gasteiger partial charge in [0.25, 0.3) is 5.91 Å². The minimum atomic E-state index is -0.340. The molecule has 1 aromatic carbocycles. The summed E-state index contributed by atoms with van der Waals surface area (Å²) >= 11 is 0. The number of hydrogen-bond acceptors (Lipinski definition) is 4. The molecule has 2 aliphatic rings. The Morgan fingerprint density at radius 2 is 1.90 bits per heavy atom. The van der Waals surface area contributed by atoms with E-state index in [-0.39, 0.29) is 23.3 Å². The van der Waals surface area contributed by atoms with E-state index in [2.05, 4.69) is 25.2 Å². The van der Waals surface area contributed by atoms with Gasteiger partial charge in [0.05, 0.1) is 0 Å². The highest BCUT2D eigenvalue weighted by Gasteiger charge is 2.44. The summed E-state index contributed by atoms with van der Waals surface area (Å²) < 4.78 is 12.0. The number of furan rings is 1. The van der Waals surface area contributed by atoms with Crippen molar-refractivity contribution < 1.29 is 18.7 Å². The molecule has 1 N–H and O–H groups in total. The van der Waals surface area contributed by atoms with Gasteiger partial charge in [-0.3, -0.25) is 9.59 Å². The number of carbonyl (C=O) groups excluding carboxylic acids is 2. The van der Waals surface area contributed by atoms with Gasteiger partial charge in [-0.1, -0.05) is 32.0 Å². The number of nitrogens with zero attached hydrogens (tertiary/aromatic N) is 1. The van der Waals surface area contributed by atoms with Crippen LogP contribution in [-0.2, 0) is 4.79 Å². The Labute approximate surface area is 183 Å². The summed E-state index contributed by atoms with van der Waals surface area (Å²) in [5.74, 6) is 2.57. The first-order valence-corrected chi connectivity index (χ1v) is 11.3. The zero-order valence-corrected chi connectivity index (χ0v) is 18.6. The monoisotopic (exact) mass is 424 g/mol. The van der Waals surface area contributed by atoms with E-state index in [4.69, 9.17) is 9.15 Å². The predicted octanol–water partition coefficient (Wildman–Crippen LogP) is 4.29. The quantitative estimate of drug-likeness (QED) is 0.777. The van der Waals surface area contributed by atoms with Gasteiger partial charge in [-0.05, 0) is 43.0 Å². The standard InChI is InChI=1S/C25H32N2O4/c1-17(2)16-26-23(28)14-19-15-25(31-21-7-5-4-6-20(19)21)10-12-27(13-11-25)24(29)22-9-8-18(3)30-22/h4-9,17,19H,10-16H2,1-3H3,(H,26,28)/t19-/m1/s1. The number of carbonyl (C=O) groups is 2. The summed E-state index contributed by atoms with van der Waals surface area (Å²) in [6.45, 7) is 7.96. The number of benzene rings is 1. The molecule has 6 nitrogen and oxygen atoms in total. The molecule has 1 atom stereocenters.